The molecule has 0 aromatic carbocycles. The second kappa shape index (κ2) is 6.38. The van der Waals surface area contributed by atoms with Crippen molar-refractivity contribution in [2.24, 2.45) is 11.8 Å². The second-order valence-corrected chi connectivity index (χ2v) is 7.65. The van der Waals surface area contributed by atoms with E-state index in [9.17, 15) is 5.11 Å². The summed E-state index contributed by atoms with van der Waals surface area (Å²) in [6.45, 7) is 1.73. The molecular formula is C15H17Br2ClO3. The van der Waals surface area contributed by atoms with Crippen LogP contribution in [0.3, 0.4) is 0 Å². The number of alkyl halides is 1. The van der Waals surface area contributed by atoms with Crippen LogP contribution in [0, 0.1) is 11.8 Å². The second-order valence-electron chi connectivity index (χ2n) is 5.83. The molecule has 7 unspecified atom stereocenters. The maximum absolute atomic E-state index is 9.59. The summed E-state index contributed by atoms with van der Waals surface area (Å²) in [6.07, 6.45) is 3.28. The third-order valence-electron chi connectivity index (χ3n) is 4.28. The number of ether oxygens (including phenoxy) is 2. The summed E-state index contributed by atoms with van der Waals surface area (Å²) in [7, 11) is 0. The van der Waals surface area contributed by atoms with E-state index in [4.69, 9.17) is 21.1 Å². The van der Waals surface area contributed by atoms with E-state index >= 15 is 0 Å². The van der Waals surface area contributed by atoms with Gasteiger partial charge < -0.3 is 14.6 Å². The standard InChI is InChI=1S/C15H17Br2ClO3/c1-7(19)13(18)9-6-10(9)14-12(17)15-11(21-14)5-8(20-15)3-2-4-16/h3-4,7-11,13,15,19H,5-6H2,1H3. The maximum Gasteiger partial charge on any atom is 0.132 e. The summed E-state index contributed by atoms with van der Waals surface area (Å²) < 4.78 is 13.1. The molecule has 2 fully saturated rings. The quantitative estimate of drug-likeness (QED) is 0.533. The molecule has 1 saturated carbocycles. The molecule has 1 N–H and O–H groups in total. The number of aliphatic hydroxyl groups excluding tert-OH is 1. The highest BCUT2D eigenvalue weighted by Crippen LogP contribution is 2.55. The first kappa shape index (κ1) is 16.1. The van der Waals surface area contributed by atoms with Gasteiger partial charge in [0.15, 0.2) is 0 Å². The van der Waals surface area contributed by atoms with Crippen molar-refractivity contribution in [3.05, 3.63) is 27.0 Å². The van der Waals surface area contributed by atoms with Crippen LogP contribution in [0.4, 0.5) is 0 Å². The van der Waals surface area contributed by atoms with Gasteiger partial charge in [-0.15, -0.1) is 17.3 Å². The largest absolute Gasteiger partial charge is 0.490 e. The molecule has 3 rings (SSSR count). The van der Waals surface area contributed by atoms with Crippen LogP contribution in [-0.2, 0) is 9.47 Å². The average Bonchev–Trinajstić information content (AvgIpc) is 3.04. The van der Waals surface area contributed by atoms with Gasteiger partial charge in [0.1, 0.15) is 18.0 Å². The fourth-order valence-electron chi connectivity index (χ4n) is 3.12. The lowest BCUT2D eigenvalue weighted by Gasteiger charge is -2.14. The highest BCUT2D eigenvalue weighted by Gasteiger charge is 2.53. The fourth-order valence-corrected chi connectivity index (χ4v) is 4.34. The molecule has 0 radical (unpaired) electrons. The van der Waals surface area contributed by atoms with E-state index < -0.39 is 6.10 Å². The van der Waals surface area contributed by atoms with Crippen molar-refractivity contribution < 1.29 is 14.6 Å². The van der Waals surface area contributed by atoms with E-state index in [0.29, 0.717) is 11.8 Å². The molecule has 2 heterocycles. The number of rotatable bonds is 4. The van der Waals surface area contributed by atoms with Crippen LogP contribution in [0.5, 0.6) is 0 Å². The Morgan fingerprint density at radius 3 is 2.86 bits per heavy atom. The molecule has 0 aromatic heterocycles. The van der Waals surface area contributed by atoms with Crippen molar-refractivity contribution >= 4 is 43.5 Å². The molecule has 3 nitrogen and oxygen atoms in total. The van der Waals surface area contributed by atoms with E-state index in [0.717, 1.165) is 23.1 Å². The molecule has 21 heavy (non-hydrogen) atoms. The van der Waals surface area contributed by atoms with Crippen LogP contribution in [0.2, 0.25) is 0 Å². The summed E-state index contributed by atoms with van der Waals surface area (Å²) in [5, 5.41) is 9.38. The maximum atomic E-state index is 9.59. The molecule has 2 aliphatic heterocycles. The average molecular weight is 441 g/mol. The van der Waals surface area contributed by atoms with Crippen molar-refractivity contribution in [2.45, 2.75) is 49.6 Å². The van der Waals surface area contributed by atoms with E-state index in [1.807, 2.05) is 6.08 Å². The first-order valence-corrected chi connectivity index (χ1v) is 9.22. The van der Waals surface area contributed by atoms with Gasteiger partial charge in [-0.25, -0.2) is 0 Å². The van der Waals surface area contributed by atoms with Crippen LogP contribution in [0.15, 0.2) is 27.0 Å². The third kappa shape index (κ3) is 3.15. The number of fused-ring (bicyclic) bond motifs is 1. The Bertz CT molecular complexity index is 513. The molecule has 6 heteroatoms. The van der Waals surface area contributed by atoms with Gasteiger partial charge in [-0.1, -0.05) is 15.9 Å². The summed E-state index contributed by atoms with van der Waals surface area (Å²) in [6, 6.07) is 0. The summed E-state index contributed by atoms with van der Waals surface area (Å²) >= 11 is 13.1. The van der Waals surface area contributed by atoms with Gasteiger partial charge in [0.25, 0.3) is 0 Å². The predicted molar refractivity (Wildman–Crippen MR) is 88.6 cm³/mol. The van der Waals surface area contributed by atoms with E-state index in [1.165, 1.54) is 0 Å². The Hall–Kier alpha value is 0.230. The van der Waals surface area contributed by atoms with Gasteiger partial charge >= 0.3 is 0 Å². The Balaban J connectivity index is 1.66. The lowest BCUT2D eigenvalue weighted by molar-refractivity contribution is 0.0614. The van der Waals surface area contributed by atoms with Crippen molar-refractivity contribution in [3.63, 3.8) is 0 Å². The Morgan fingerprint density at radius 2 is 2.24 bits per heavy atom. The minimum atomic E-state index is -0.497. The molecule has 0 aromatic rings. The molecule has 0 bridgehead atoms. The number of aliphatic hydroxyl groups is 1. The first-order chi connectivity index (χ1) is 10.0. The number of halogens is 3. The fraction of sp³-hybridized carbons (Fsp3) is 0.667. The normalized spacial score (nSPS) is 40.1. The highest BCUT2D eigenvalue weighted by molar-refractivity contribution is 9.11. The number of hydrogen-bond donors (Lipinski definition) is 1. The molecule has 0 amide bonds. The van der Waals surface area contributed by atoms with Crippen molar-refractivity contribution in [1.82, 2.24) is 0 Å². The third-order valence-corrected chi connectivity index (χ3v) is 6.07. The van der Waals surface area contributed by atoms with Crippen LogP contribution in [0.1, 0.15) is 19.8 Å². The van der Waals surface area contributed by atoms with Crippen LogP contribution in [-0.4, -0.2) is 34.9 Å². The van der Waals surface area contributed by atoms with Crippen LogP contribution >= 0.6 is 43.5 Å². The van der Waals surface area contributed by atoms with Crippen molar-refractivity contribution in [2.75, 3.05) is 0 Å². The van der Waals surface area contributed by atoms with Gasteiger partial charge in [-0.05, 0) is 41.3 Å². The SMILES string of the molecule is CC(O)C(Cl)C1CC1C1=C(Br)C2OC(C=C=CBr)CC2O1. The lowest BCUT2D eigenvalue weighted by atomic mass is 10.1. The van der Waals surface area contributed by atoms with Crippen LogP contribution < -0.4 is 0 Å². The van der Waals surface area contributed by atoms with Gasteiger partial charge in [0.2, 0.25) is 0 Å². The monoisotopic (exact) mass is 438 g/mol. The van der Waals surface area contributed by atoms with Crippen LogP contribution in [0.25, 0.3) is 0 Å². The molecule has 3 aliphatic rings. The Morgan fingerprint density at radius 1 is 1.48 bits per heavy atom. The van der Waals surface area contributed by atoms with Crippen molar-refractivity contribution in [1.29, 1.82) is 0 Å². The first-order valence-electron chi connectivity index (χ1n) is 7.08. The minimum Gasteiger partial charge on any atom is -0.490 e. The summed E-state index contributed by atoms with van der Waals surface area (Å²) in [4.78, 5) is 1.69. The lowest BCUT2D eigenvalue weighted by Crippen LogP contribution is -2.20. The highest BCUT2D eigenvalue weighted by atomic mass is 79.9. The van der Waals surface area contributed by atoms with Crippen molar-refractivity contribution in [3.8, 4) is 0 Å². The predicted octanol–water partition coefficient (Wildman–Crippen LogP) is 3.84. The zero-order valence-corrected chi connectivity index (χ0v) is 15.4. The van der Waals surface area contributed by atoms with E-state index in [2.05, 4.69) is 37.6 Å². The molecule has 7 atom stereocenters. The molecule has 116 valence electrons. The van der Waals surface area contributed by atoms with E-state index in [1.54, 1.807) is 11.9 Å². The molecular weight excluding hydrogens is 423 g/mol. The Labute approximate surface area is 146 Å². The zero-order chi connectivity index (χ0) is 15.1. The van der Waals surface area contributed by atoms with Gasteiger partial charge in [0.05, 0.1) is 22.1 Å². The summed E-state index contributed by atoms with van der Waals surface area (Å²) in [5.74, 6) is 1.57. The zero-order valence-electron chi connectivity index (χ0n) is 11.5. The topological polar surface area (TPSA) is 38.7 Å². The molecule has 0 spiro atoms. The minimum absolute atomic E-state index is 0.0278. The van der Waals surface area contributed by atoms with Gasteiger partial charge in [-0.3, -0.25) is 0 Å². The van der Waals surface area contributed by atoms with Gasteiger partial charge in [-0.2, -0.15) is 0 Å². The number of allylic oxidation sites excluding steroid dienone is 1. The number of hydrogen-bond acceptors (Lipinski definition) is 3. The Kier molecular flexibility index (Phi) is 4.90. The summed E-state index contributed by atoms with van der Waals surface area (Å²) in [5.41, 5.74) is 2.98. The van der Waals surface area contributed by atoms with Gasteiger partial charge in [0, 0.05) is 17.3 Å². The van der Waals surface area contributed by atoms with E-state index in [-0.39, 0.29) is 23.7 Å². The molecule has 1 saturated heterocycles. The smallest absolute Gasteiger partial charge is 0.132 e. The molecule has 1 aliphatic carbocycles.